The van der Waals surface area contributed by atoms with E-state index in [0.717, 1.165) is 42.8 Å². The Bertz CT molecular complexity index is 897. The van der Waals surface area contributed by atoms with E-state index < -0.39 is 0 Å². The minimum atomic E-state index is -0.0583. The zero-order chi connectivity index (χ0) is 17.2. The van der Waals surface area contributed by atoms with Crippen LogP contribution >= 0.6 is 0 Å². The molecule has 1 N–H and O–H groups in total. The lowest BCUT2D eigenvalue weighted by atomic mass is 10.0. The van der Waals surface area contributed by atoms with Crippen molar-refractivity contribution >= 4 is 22.8 Å². The van der Waals surface area contributed by atoms with Crippen molar-refractivity contribution in [1.82, 2.24) is 25.1 Å². The number of carbonyl (C=O) groups is 1. The second-order valence-electron chi connectivity index (χ2n) is 6.35. The zero-order valence-electron chi connectivity index (χ0n) is 14.1. The van der Waals surface area contributed by atoms with E-state index in [9.17, 15) is 4.79 Å². The SMILES string of the molecule is Cn1cc(C(=O)NC2CCN(c3cnc4ccccc4n3)CC2)cn1. The largest absolute Gasteiger partial charge is 0.355 e. The van der Waals surface area contributed by atoms with Crippen LogP contribution in [-0.4, -0.2) is 44.8 Å². The highest BCUT2D eigenvalue weighted by atomic mass is 16.1. The van der Waals surface area contributed by atoms with E-state index in [1.807, 2.05) is 30.5 Å². The van der Waals surface area contributed by atoms with Crippen LogP contribution < -0.4 is 10.2 Å². The molecule has 7 heteroatoms. The molecular weight excluding hydrogens is 316 g/mol. The van der Waals surface area contributed by atoms with Gasteiger partial charge in [0, 0.05) is 32.4 Å². The molecule has 1 amide bonds. The number of piperidine rings is 1. The first-order valence-corrected chi connectivity index (χ1v) is 8.45. The number of benzene rings is 1. The molecule has 4 rings (SSSR count). The number of hydrogen-bond acceptors (Lipinski definition) is 5. The van der Waals surface area contributed by atoms with Crippen molar-refractivity contribution in [3.05, 3.63) is 48.4 Å². The summed E-state index contributed by atoms with van der Waals surface area (Å²) in [6, 6.07) is 8.06. The lowest BCUT2D eigenvalue weighted by molar-refractivity contribution is 0.0931. The maximum absolute atomic E-state index is 12.2. The minimum Gasteiger partial charge on any atom is -0.355 e. The Morgan fingerprint density at radius 1 is 1.16 bits per heavy atom. The second kappa shape index (κ2) is 6.51. The summed E-state index contributed by atoms with van der Waals surface area (Å²) >= 11 is 0. The Kier molecular flexibility index (Phi) is 4.05. The Balaban J connectivity index is 1.38. The van der Waals surface area contributed by atoms with E-state index in [0.29, 0.717) is 5.56 Å². The van der Waals surface area contributed by atoms with Crippen molar-refractivity contribution in [2.24, 2.45) is 7.05 Å². The molecule has 25 heavy (non-hydrogen) atoms. The second-order valence-corrected chi connectivity index (χ2v) is 6.35. The van der Waals surface area contributed by atoms with Crippen LogP contribution in [0.15, 0.2) is 42.9 Å². The van der Waals surface area contributed by atoms with Gasteiger partial charge in [-0.05, 0) is 25.0 Å². The van der Waals surface area contributed by atoms with Gasteiger partial charge < -0.3 is 10.2 Å². The number of aromatic nitrogens is 4. The van der Waals surface area contributed by atoms with Crippen LogP contribution in [0.1, 0.15) is 23.2 Å². The number of aryl methyl sites for hydroxylation is 1. The normalized spacial score (nSPS) is 15.5. The Hall–Kier alpha value is -2.96. The standard InChI is InChI=1S/C18H20N6O/c1-23-12-13(10-20-23)18(25)21-14-6-8-24(9-7-14)17-11-19-15-4-2-3-5-16(15)22-17/h2-5,10-12,14H,6-9H2,1H3,(H,21,25). The molecule has 0 radical (unpaired) electrons. The summed E-state index contributed by atoms with van der Waals surface area (Å²) in [5.74, 6) is 0.841. The van der Waals surface area contributed by atoms with E-state index in [2.05, 4.69) is 20.3 Å². The van der Waals surface area contributed by atoms with Crippen LogP contribution in [0, 0.1) is 0 Å². The van der Waals surface area contributed by atoms with Crippen molar-refractivity contribution in [1.29, 1.82) is 0 Å². The van der Waals surface area contributed by atoms with E-state index in [1.165, 1.54) is 0 Å². The van der Waals surface area contributed by atoms with Crippen LogP contribution in [0.5, 0.6) is 0 Å². The lowest BCUT2D eigenvalue weighted by Crippen LogP contribution is -2.45. The smallest absolute Gasteiger partial charge is 0.254 e. The third kappa shape index (κ3) is 3.31. The van der Waals surface area contributed by atoms with Gasteiger partial charge >= 0.3 is 0 Å². The third-order valence-electron chi connectivity index (χ3n) is 4.56. The highest BCUT2D eigenvalue weighted by molar-refractivity contribution is 5.93. The molecule has 0 saturated carbocycles. The quantitative estimate of drug-likeness (QED) is 0.789. The molecule has 2 aromatic heterocycles. The van der Waals surface area contributed by atoms with Crippen molar-refractivity contribution in [3.63, 3.8) is 0 Å². The van der Waals surface area contributed by atoms with E-state index in [1.54, 1.807) is 24.1 Å². The highest BCUT2D eigenvalue weighted by Gasteiger charge is 2.22. The summed E-state index contributed by atoms with van der Waals surface area (Å²) in [6.07, 6.45) is 6.93. The maximum atomic E-state index is 12.2. The van der Waals surface area contributed by atoms with Crippen LogP contribution in [0.25, 0.3) is 11.0 Å². The first-order chi connectivity index (χ1) is 12.2. The van der Waals surface area contributed by atoms with Gasteiger partial charge in [-0.25, -0.2) is 4.98 Å². The molecule has 1 aromatic carbocycles. The van der Waals surface area contributed by atoms with Crippen LogP contribution in [0.3, 0.4) is 0 Å². The summed E-state index contributed by atoms with van der Waals surface area (Å²) in [7, 11) is 1.81. The molecule has 0 aliphatic carbocycles. The minimum absolute atomic E-state index is 0.0583. The average Bonchev–Trinajstić information content (AvgIpc) is 3.08. The number of rotatable bonds is 3. The molecule has 3 heterocycles. The number of amides is 1. The summed E-state index contributed by atoms with van der Waals surface area (Å²) in [5, 5.41) is 7.13. The number of fused-ring (bicyclic) bond motifs is 1. The monoisotopic (exact) mass is 336 g/mol. The van der Waals surface area contributed by atoms with Gasteiger partial charge in [-0.15, -0.1) is 0 Å². The fraction of sp³-hybridized carbons (Fsp3) is 0.333. The van der Waals surface area contributed by atoms with Gasteiger partial charge in [-0.2, -0.15) is 5.10 Å². The molecule has 128 valence electrons. The van der Waals surface area contributed by atoms with E-state index in [-0.39, 0.29) is 11.9 Å². The highest BCUT2D eigenvalue weighted by Crippen LogP contribution is 2.20. The lowest BCUT2D eigenvalue weighted by Gasteiger charge is -2.33. The van der Waals surface area contributed by atoms with Crippen molar-refractivity contribution < 1.29 is 4.79 Å². The molecule has 3 aromatic rings. The van der Waals surface area contributed by atoms with E-state index in [4.69, 9.17) is 4.98 Å². The predicted octanol–water partition coefficient (Wildman–Crippen LogP) is 1.76. The number of nitrogens with one attached hydrogen (secondary N) is 1. The van der Waals surface area contributed by atoms with Gasteiger partial charge in [0.15, 0.2) is 0 Å². The molecule has 1 saturated heterocycles. The Morgan fingerprint density at radius 3 is 2.64 bits per heavy atom. The molecule has 0 atom stereocenters. The molecule has 0 bridgehead atoms. The zero-order valence-corrected chi connectivity index (χ0v) is 14.1. The van der Waals surface area contributed by atoms with Crippen LogP contribution in [0.2, 0.25) is 0 Å². The molecular formula is C18H20N6O. The maximum Gasteiger partial charge on any atom is 0.254 e. The molecule has 1 fully saturated rings. The summed E-state index contributed by atoms with van der Waals surface area (Å²) in [4.78, 5) is 23.6. The third-order valence-corrected chi connectivity index (χ3v) is 4.56. The number of carbonyl (C=O) groups excluding carboxylic acids is 1. The van der Waals surface area contributed by atoms with Crippen molar-refractivity contribution in [3.8, 4) is 0 Å². The van der Waals surface area contributed by atoms with Gasteiger partial charge in [0.05, 0.1) is 29.0 Å². The van der Waals surface area contributed by atoms with Crippen molar-refractivity contribution in [2.75, 3.05) is 18.0 Å². The van der Waals surface area contributed by atoms with Crippen LogP contribution in [-0.2, 0) is 7.05 Å². The van der Waals surface area contributed by atoms with Gasteiger partial charge in [0.25, 0.3) is 5.91 Å². The van der Waals surface area contributed by atoms with Gasteiger partial charge in [0.2, 0.25) is 0 Å². The van der Waals surface area contributed by atoms with Gasteiger partial charge in [-0.1, -0.05) is 12.1 Å². The van der Waals surface area contributed by atoms with Crippen molar-refractivity contribution in [2.45, 2.75) is 18.9 Å². The molecule has 1 aliphatic rings. The topological polar surface area (TPSA) is 75.9 Å². The molecule has 0 spiro atoms. The molecule has 1 aliphatic heterocycles. The summed E-state index contributed by atoms with van der Waals surface area (Å²) < 4.78 is 1.63. The summed E-state index contributed by atoms with van der Waals surface area (Å²) in [6.45, 7) is 1.70. The predicted molar refractivity (Wildman–Crippen MR) is 95.4 cm³/mol. The first-order valence-electron chi connectivity index (χ1n) is 8.45. The number of hydrogen-bond donors (Lipinski definition) is 1. The summed E-state index contributed by atoms with van der Waals surface area (Å²) in [5.41, 5.74) is 2.42. The number of para-hydroxylation sites is 2. The first kappa shape index (κ1) is 15.6. The average molecular weight is 336 g/mol. The molecule has 0 unspecified atom stereocenters. The van der Waals surface area contributed by atoms with Crippen LogP contribution in [0.4, 0.5) is 5.82 Å². The number of nitrogens with zero attached hydrogens (tertiary/aromatic N) is 5. The fourth-order valence-electron chi connectivity index (χ4n) is 3.16. The fourth-order valence-corrected chi connectivity index (χ4v) is 3.16. The number of anilines is 1. The Labute approximate surface area is 145 Å². The van der Waals surface area contributed by atoms with E-state index >= 15 is 0 Å². The molecule has 7 nitrogen and oxygen atoms in total. The van der Waals surface area contributed by atoms with Gasteiger partial charge in [0.1, 0.15) is 5.82 Å². The Morgan fingerprint density at radius 2 is 1.92 bits per heavy atom. The van der Waals surface area contributed by atoms with Gasteiger partial charge in [-0.3, -0.25) is 14.5 Å².